The highest BCUT2D eigenvalue weighted by Gasteiger charge is 2.14. The zero-order chi connectivity index (χ0) is 12.4. The molecule has 0 aliphatic carbocycles. The standard InChI is InChI=1S/C11H9ClN2O3/c1-17-10-6-9(11(15)16)13-14(10)8-4-2-7(12)3-5-8/h2-6H,1H3,(H,15,16). The molecule has 0 fully saturated rings. The largest absolute Gasteiger partial charge is 0.481 e. The highest BCUT2D eigenvalue weighted by molar-refractivity contribution is 6.30. The van der Waals surface area contributed by atoms with Crippen molar-refractivity contribution in [3.63, 3.8) is 0 Å². The van der Waals surface area contributed by atoms with Gasteiger partial charge in [0.15, 0.2) is 5.69 Å². The third-order valence-corrected chi connectivity index (χ3v) is 2.43. The molecule has 1 aromatic carbocycles. The van der Waals surface area contributed by atoms with Gasteiger partial charge in [-0.25, -0.2) is 9.48 Å². The van der Waals surface area contributed by atoms with E-state index >= 15 is 0 Å². The summed E-state index contributed by atoms with van der Waals surface area (Å²) < 4.78 is 6.47. The van der Waals surface area contributed by atoms with Gasteiger partial charge in [-0.3, -0.25) is 0 Å². The Labute approximate surface area is 102 Å². The van der Waals surface area contributed by atoms with Crippen LogP contribution >= 0.6 is 11.6 Å². The molecule has 0 atom stereocenters. The first-order chi connectivity index (χ1) is 8.11. The Morgan fingerprint density at radius 1 is 1.41 bits per heavy atom. The molecule has 0 unspecified atom stereocenters. The molecule has 0 saturated carbocycles. The molecule has 1 N–H and O–H groups in total. The van der Waals surface area contributed by atoms with Crippen LogP contribution in [0, 0.1) is 0 Å². The molecule has 0 amide bonds. The maximum absolute atomic E-state index is 10.8. The van der Waals surface area contributed by atoms with Crippen molar-refractivity contribution in [3.8, 4) is 11.6 Å². The SMILES string of the molecule is COc1cc(C(=O)O)nn1-c1ccc(Cl)cc1. The first-order valence-corrected chi connectivity index (χ1v) is 5.13. The third-order valence-electron chi connectivity index (χ3n) is 2.18. The summed E-state index contributed by atoms with van der Waals surface area (Å²) in [7, 11) is 1.45. The Balaban J connectivity index is 2.50. The predicted octanol–water partition coefficient (Wildman–Crippen LogP) is 2.23. The van der Waals surface area contributed by atoms with Crippen LogP contribution in [0.25, 0.3) is 5.69 Å². The Bertz CT molecular complexity index is 548. The molecule has 17 heavy (non-hydrogen) atoms. The molecule has 0 radical (unpaired) electrons. The van der Waals surface area contributed by atoms with Crippen molar-refractivity contribution in [3.05, 3.63) is 41.0 Å². The van der Waals surface area contributed by atoms with E-state index < -0.39 is 5.97 Å². The first-order valence-electron chi connectivity index (χ1n) is 4.75. The average molecular weight is 253 g/mol. The minimum Gasteiger partial charge on any atom is -0.481 e. The Kier molecular flexibility index (Phi) is 3.01. The highest BCUT2D eigenvalue weighted by Crippen LogP contribution is 2.20. The van der Waals surface area contributed by atoms with Crippen LogP contribution in [0.3, 0.4) is 0 Å². The van der Waals surface area contributed by atoms with E-state index in [1.165, 1.54) is 17.9 Å². The van der Waals surface area contributed by atoms with E-state index in [1.807, 2.05) is 0 Å². The van der Waals surface area contributed by atoms with E-state index in [4.69, 9.17) is 21.4 Å². The number of ether oxygens (including phenoxy) is 1. The normalized spacial score (nSPS) is 10.2. The van der Waals surface area contributed by atoms with Crippen molar-refractivity contribution in [1.82, 2.24) is 9.78 Å². The summed E-state index contributed by atoms with van der Waals surface area (Å²) in [6.45, 7) is 0. The van der Waals surface area contributed by atoms with Crippen molar-refractivity contribution >= 4 is 17.6 Å². The van der Waals surface area contributed by atoms with E-state index in [2.05, 4.69) is 5.10 Å². The molecule has 2 rings (SSSR count). The van der Waals surface area contributed by atoms with E-state index in [9.17, 15) is 4.79 Å². The van der Waals surface area contributed by atoms with Crippen molar-refractivity contribution in [2.45, 2.75) is 0 Å². The number of nitrogens with zero attached hydrogens (tertiary/aromatic N) is 2. The number of carbonyl (C=O) groups is 1. The van der Waals surface area contributed by atoms with Gasteiger partial charge in [-0.1, -0.05) is 11.6 Å². The number of halogens is 1. The van der Waals surface area contributed by atoms with Gasteiger partial charge in [0.05, 0.1) is 12.8 Å². The van der Waals surface area contributed by atoms with Crippen molar-refractivity contribution < 1.29 is 14.6 Å². The van der Waals surface area contributed by atoms with Gasteiger partial charge in [0.25, 0.3) is 0 Å². The van der Waals surface area contributed by atoms with Crippen LogP contribution in [0.5, 0.6) is 5.88 Å². The van der Waals surface area contributed by atoms with Gasteiger partial charge in [-0.15, -0.1) is 0 Å². The van der Waals surface area contributed by atoms with Gasteiger partial charge in [0, 0.05) is 11.1 Å². The van der Waals surface area contributed by atoms with Gasteiger partial charge in [-0.2, -0.15) is 5.10 Å². The summed E-state index contributed by atoms with van der Waals surface area (Å²) in [4.78, 5) is 10.8. The fourth-order valence-electron chi connectivity index (χ4n) is 1.38. The summed E-state index contributed by atoms with van der Waals surface area (Å²) in [6.07, 6.45) is 0. The van der Waals surface area contributed by atoms with Crippen LogP contribution in [0.2, 0.25) is 5.02 Å². The number of carboxylic acid groups (broad SMARTS) is 1. The highest BCUT2D eigenvalue weighted by atomic mass is 35.5. The minimum absolute atomic E-state index is 0.0724. The number of hydrogen-bond acceptors (Lipinski definition) is 3. The fourth-order valence-corrected chi connectivity index (χ4v) is 1.51. The molecule has 88 valence electrons. The Morgan fingerprint density at radius 3 is 2.59 bits per heavy atom. The van der Waals surface area contributed by atoms with Crippen LogP contribution in [0.4, 0.5) is 0 Å². The number of methoxy groups -OCH3 is 1. The predicted molar refractivity (Wildman–Crippen MR) is 62.1 cm³/mol. The summed E-state index contributed by atoms with van der Waals surface area (Å²) in [5, 5.41) is 13.4. The van der Waals surface area contributed by atoms with Crippen LogP contribution in [0.1, 0.15) is 10.5 Å². The second-order valence-electron chi connectivity index (χ2n) is 3.27. The van der Waals surface area contributed by atoms with Crippen molar-refractivity contribution in [2.24, 2.45) is 0 Å². The quantitative estimate of drug-likeness (QED) is 0.910. The second-order valence-corrected chi connectivity index (χ2v) is 3.70. The summed E-state index contributed by atoms with van der Waals surface area (Å²) >= 11 is 5.77. The fraction of sp³-hybridized carbons (Fsp3) is 0.0909. The smallest absolute Gasteiger partial charge is 0.356 e. The zero-order valence-corrected chi connectivity index (χ0v) is 9.68. The van der Waals surface area contributed by atoms with Gasteiger partial charge < -0.3 is 9.84 Å². The molecule has 0 saturated heterocycles. The second kappa shape index (κ2) is 4.47. The molecule has 1 aromatic heterocycles. The number of carboxylic acids is 1. The van der Waals surface area contributed by atoms with Crippen molar-refractivity contribution in [1.29, 1.82) is 0 Å². The number of hydrogen-bond donors (Lipinski definition) is 1. The lowest BCUT2D eigenvalue weighted by atomic mass is 10.3. The van der Waals surface area contributed by atoms with Crippen molar-refractivity contribution in [2.75, 3.05) is 7.11 Å². The monoisotopic (exact) mass is 252 g/mol. The molecule has 5 nitrogen and oxygen atoms in total. The van der Waals surface area contributed by atoms with Crippen LogP contribution < -0.4 is 4.74 Å². The summed E-state index contributed by atoms with van der Waals surface area (Å²) in [6, 6.07) is 8.20. The van der Waals surface area contributed by atoms with Crippen LogP contribution in [-0.4, -0.2) is 28.0 Å². The topological polar surface area (TPSA) is 64.3 Å². The van der Waals surface area contributed by atoms with Gasteiger partial charge in [0.2, 0.25) is 5.88 Å². The van der Waals surface area contributed by atoms with E-state index in [-0.39, 0.29) is 5.69 Å². The summed E-state index contributed by atoms with van der Waals surface area (Å²) in [5.74, 6) is -0.749. The first kappa shape index (κ1) is 11.5. The molecule has 0 aliphatic heterocycles. The van der Waals surface area contributed by atoms with Gasteiger partial charge in [0.1, 0.15) is 0 Å². The molecular formula is C11H9ClN2O3. The van der Waals surface area contributed by atoms with E-state index in [0.717, 1.165) is 0 Å². The Morgan fingerprint density at radius 2 is 2.06 bits per heavy atom. The van der Waals surface area contributed by atoms with Gasteiger partial charge >= 0.3 is 5.97 Å². The molecule has 1 heterocycles. The lowest BCUT2D eigenvalue weighted by Gasteiger charge is -2.05. The molecular weight excluding hydrogens is 244 g/mol. The lowest BCUT2D eigenvalue weighted by molar-refractivity contribution is 0.0690. The van der Waals surface area contributed by atoms with Crippen LogP contribution in [-0.2, 0) is 0 Å². The maximum Gasteiger partial charge on any atom is 0.356 e. The number of benzene rings is 1. The van der Waals surface area contributed by atoms with E-state index in [0.29, 0.717) is 16.6 Å². The molecule has 0 aliphatic rings. The lowest BCUT2D eigenvalue weighted by Crippen LogP contribution is -2.02. The number of rotatable bonds is 3. The number of aromatic nitrogens is 2. The minimum atomic E-state index is -1.10. The Hall–Kier alpha value is -2.01. The van der Waals surface area contributed by atoms with E-state index in [1.54, 1.807) is 24.3 Å². The maximum atomic E-state index is 10.8. The van der Waals surface area contributed by atoms with Crippen LogP contribution in [0.15, 0.2) is 30.3 Å². The number of aromatic carboxylic acids is 1. The zero-order valence-electron chi connectivity index (χ0n) is 8.92. The third kappa shape index (κ3) is 2.24. The molecule has 0 spiro atoms. The average Bonchev–Trinajstić information content (AvgIpc) is 2.74. The molecule has 2 aromatic rings. The van der Waals surface area contributed by atoms with Gasteiger partial charge in [-0.05, 0) is 24.3 Å². The molecule has 0 bridgehead atoms. The summed E-state index contributed by atoms with van der Waals surface area (Å²) in [5.41, 5.74) is 0.607. The molecule has 6 heteroatoms.